The number of hydrogen-bond donors (Lipinski definition) is 1. The predicted octanol–water partition coefficient (Wildman–Crippen LogP) is 2.11. The zero-order valence-corrected chi connectivity index (χ0v) is 16.6. The second kappa shape index (κ2) is 7.52. The highest BCUT2D eigenvalue weighted by atomic mass is 32.1. The Morgan fingerprint density at radius 2 is 1.86 bits per heavy atom. The van der Waals surface area contributed by atoms with Crippen LogP contribution in [0.5, 0.6) is 5.75 Å². The minimum absolute atomic E-state index is 0.0874. The maximum absolute atomic E-state index is 13.3. The van der Waals surface area contributed by atoms with Crippen molar-refractivity contribution in [2.24, 2.45) is 4.99 Å². The molecule has 1 atom stereocenters. The third-order valence-electron chi connectivity index (χ3n) is 4.77. The molecule has 0 radical (unpaired) electrons. The van der Waals surface area contributed by atoms with E-state index in [9.17, 15) is 14.7 Å². The second-order valence-electron chi connectivity index (χ2n) is 6.54. The number of carbonyl (C=O) groups excluding carboxylic acids is 1. The number of thiazole rings is 1. The van der Waals surface area contributed by atoms with Gasteiger partial charge in [0.2, 0.25) is 0 Å². The molecule has 1 aliphatic rings. The van der Waals surface area contributed by atoms with Gasteiger partial charge in [0.15, 0.2) is 4.80 Å². The smallest absolute Gasteiger partial charge is 0.338 e. The lowest BCUT2D eigenvalue weighted by molar-refractivity contribution is -0.136. The molecule has 0 spiro atoms. The Balaban J connectivity index is 2.00. The summed E-state index contributed by atoms with van der Waals surface area (Å²) < 4.78 is 6.92. The van der Waals surface area contributed by atoms with Gasteiger partial charge in [0, 0.05) is 5.56 Å². The lowest BCUT2D eigenvalue weighted by Gasteiger charge is -2.24. The zero-order valence-electron chi connectivity index (χ0n) is 15.8. The van der Waals surface area contributed by atoms with Crippen molar-refractivity contribution in [2.75, 3.05) is 7.11 Å². The number of carbonyl (C=O) groups is 1. The molecule has 2 aromatic carbocycles. The molecule has 0 unspecified atom stereocenters. The van der Waals surface area contributed by atoms with Gasteiger partial charge in [-0.25, -0.2) is 9.79 Å². The molecule has 0 amide bonds. The predicted molar refractivity (Wildman–Crippen MR) is 110 cm³/mol. The van der Waals surface area contributed by atoms with E-state index in [-0.39, 0.29) is 11.3 Å². The van der Waals surface area contributed by atoms with Gasteiger partial charge in [-0.1, -0.05) is 59.9 Å². The quantitative estimate of drug-likeness (QED) is 0.676. The van der Waals surface area contributed by atoms with Crippen LogP contribution in [0.3, 0.4) is 0 Å². The summed E-state index contributed by atoms with van der Waals surface area (Å²) in [6, 6.07) is 15.5. The van der Waals surface area contributed by atoms with Crippen molar-refractivity contribution >= 4 is 23.4 Å². The average Bonchev–Trinajstić information content (AvgIpc) is 3.03. The number of aromatic hydroxyl groups is 1. The fourth-order valence-corrected chi connectivity index (χ4v) is 4.43. The van der Waals surface area contributed by atoms with Gasteiger partial charge in [-0.15, -0.1) is 0 Å². The molecule has 0 fully saturated rings. The van der Waals surface area contributed by atoms with E-state index in [0.29, 0.717) is 26.2 Å². The molecule has 0 bridgehead atoms. The number of benzene rings is 2. The van der Waals surface area contributed by atoms with Crippen molar-refractivity contribution in [1.29, 1.82) is 0 Å². The van der Waals surface area contributed by atoms with E-state index in [1.807, 2.05) is 30.3 Å². The molecule has 146 valence electrons. The summed E-state index contributed by atoms with van der Waals surface area (Å²) in [5.41, 5.74) is 1.90. The van der Waals surface area contributed by atoms with Crippen molar-refractivity contribution in [3.8, 4) is 5.75 Å². The van der Waals surface area contributed by atoms with Gasteiger partial charge >= 0.3 is 5.97 Å². The molecule has 0 saturated carbocycles. The van der Waals surface area contributed by atoms with Gasteiger partial charge in [-0.2, -0.15) is 0 Å². The number of aromatic nitrogens is 1. The molecule has 0 saturated heterocycles. The van der Waals surface area contributed by atoms with Crippen molar-refractivity contribution in [1.82, 2.24) is 4.57 Å². The number of phenols is 1. The van der Waals surface area contributed by atoms with Gasteiger partial charge in [0.05, 0.1) is 29.0 Å². The number of hydrogen-bond acceptors (Lipinski definition) is 6. The van der Waals surface area contributed by atoms with Crippen LogP contribution in [-0.2, 0) is 9.53 Å². The summed E-state index contributed by atoms with van der Waals surface area (Å²) in [5, 5.41) is 10.1. The summed E-state index contributed by atoms with van der Waals surface area (Å²) >= 11 is 1.22. The van der Waals surface area contributed by atoms with E-state index in [4.69, 9.17) is 4.74 Å². The molecule has 4 rings (SSSR count). The Hall–Kier alpha value is -3.45. The Kier molecular flexibility index (Phi) is 4.90. The van der Waals surface area contributed by atoms with E-state index in [1.54, 1.807) is 37.3 Å². The fraction of sp³-hybridized carbons (Fsp3) is 0.136. The van der Waals surface area contributed by atoms with Crippen molar-refractivity contribution < 1.29 is 14.6 Å². The lowest BCUT2D eigenvalue weighted by Crippen LogP contribution is -2.39. The van der Waals surface area contributed by atoms with Crippen LogP contribution in [0.4, 0.5) is 0 Å². The first-order valence-corrected chi connectivity index (χ1v) is 9.76. The van der Waals surface area contributed by atoms with Gasteiger partial charge in [0.1, 0.15) is 5.75 Å². The van der Waals surface area contributed by atoms with E-state index >= 15 is 0 Å². The summed E-state index contributed by atoms with van der Waals surface area (Å²) in [6.45, 7) is 1.74. The fourth-order valence-electron chi connectivity index (χ4n) is 3.39. The highest BCUT2D eigenvalue weighted by Crippen LogP contribution is 2.30. The zero-order chi connectivity index (χ0) is 20.5. The standard InChI is InChI=1S/C22H18N2O4S/c1-13-18(21(27)28-2)19(14-8-4-3-5-9-14)24-20(26)17(29-22(24)23-13)12-15-10-6-7-11-16(15)25/h3-12,19,25H,1-2H3/b17-12+/t19-/m1/s1. The lowest BCUT2D eigenvalue weighted by atomic mass is 9.96. The van der Waals surface area contributed by atoms with Gasteiger partial charge in [-0.05, 0) is 24.6 Å². The van der Waals surface area contributed by atoms with Crippen LogP contribution in [0.25, 0.3) is 6.08 Å². The third kappa shape index (κ3) is 3.30. The molecular weight excluding hydrogens is 388 g/mol. The summed E-state index contributed by atoms with van der Waals surface area (Å²) in [4.78, 5) is 30.8. The van der Waals surface area contributed by atoms with Gasteiger partial charge in [0.25, 0.3) is 5.56 Å². The first-order chi connectivity index (χ1) is 14.0. The minimum atomic E-state index is -0.633. The van der Waals surface area contributed by atoms with Crippen LogP contribution in [0, 0.1) is 0 Å². The monoisotopic (exact) mass is 406 g/mol. The molecule has 1 N–H and O–H groups in total. The number of rotatable bonds is 3. The summed E-state index contributed by atoms with van der Waals surface area (Å²) in [5.74, 6) is -0.431. The average molecular weight is 406 g/mol. The first kappa shape index (κ1) is 18.9. The number of fused-ring (bicyclic) bond motifs is 1. The number of allylic oxidation sites excluding steroid dienone is 1. The van der Waals surface area contributed by atoms with E-state index in [2.05, 4.69) is 4.99 Å². The Bertz CT molecular complexity index is 1300. The molecule has 29 heavy (non-hydrogen) atoms. The van der Waals surface area contributed by atoms with Crippen LogP contribution in [0.15, 0.2) is 75.7 Å². The van der Waals surface area contributed by atoms with Crippen LogP contribution in [0.2, 0.25) is 0 Å². The Labute approximate surface area is 170 Å². The van der Waals surface area contributed by atoms with Gasteiger partial charge < -0.3 is 9.84 Å². The molecule has 1 aromatic heterocycles. The Morgan fingerprint density at radius 1 is 1.17 bits per heavy atom. The largest absolute Gasteiger partial charge is 0.507 e. The van der Waals surface area contributed by atoms with Crippen molar-refractivity contribution in [3.63, 3.8) is 0 Å². The summed E-state index contributed by atoms with van der Waals surface area (Å²) in [7, 11) is 1.31. The van der Waals surface area contributed by atoms with Crippen molar-refractivity contribution in [2.45, 2.75) is 13.0 Å². The molecule has 3 aromatic rings. The van der Waals surface area contributed by atoms with Crippen LogP contribution in [-0.4, -0.2) is 22.8 Å². The molecule has 7 heteroatoms. The highest BCUT2D eigenvalue weighted by Gasteiger charge is 2.32. The number of para-hydroxylation sites is 1. The van der Waals surface area contributed by atoms with E-state index < -0.39 is 12.0 Å². The normalized spacial score (nSPS) is 16.3. The number of methoxy groups -OCH3 is 1. The number of phenolic OH excluding ortho intramolecular Hbond substituents is 1. The van der Waals surface area contributed by atoms with Crippen LogP contribution < -0.4 is 14.9 Å². The van der Waals surface area contributed by atoms with Crippen LogP contribution >= 0.6 is 11.3 Å². The number of ether oxygens (including phenoxy) is 1. The SMILES string of the molecule is COC(=O)C1=C(C)N=c2s/c(=C/c3ccccc3O)c(=O)n2[C@@H]1c1ccccc1. The van der Waals surface area contributed by atoms with E-state index in [0.717, 1.165) is 5.56 Å². The molecule has 0 aliphatic carbocycles. The summed E-state index contributed by atoms with van der Waals surface area (Å²) in [6.07, 6.45) is 1.64. The maximum atomic E-state index is 13.3. The number of nitrogens with zero attached hydrogens (tertiary/aromatic N) is 2. The number of esters is 1. The molecule has 1 aliphatic heterocycles. The third-order valence-corrected chi connectivity index (χ3v) is 5.75. The molecular formula is C22H18N2O4S. The first-order valence-electron chi connectivity index (χ1n) is 8.95. The molecule has 2 heterocycles. The topological polar surface area (TPSA) is 80.9 Å². The minimum Gasteiger partial charge on any atom is -0.507 e. The Morgan fingerprint density at radius 3 is 2.55 bits per heavy atom. The highest BCUT2D eigenvalue weighted by molar-refractivity contribution is 7.07. The second-order valence-corrected chi connectivity index (χ2v) is 7.55. The van der Waals surface area contributed by atoms with Crippen LogP contribution in [0.1, 0.15) is 24.1 Å². The maximum Gasteiger partial charge on any atom is 0.338 e. The van der Waals surface area contributed by atoms with E-state index in [1.165, 1.54) is 23.0 Å². The van der Waals surface area contributed by atoms with Crippen molar-refractivity contribution in [3.05, 3.63) is 96.7 Å². The molecule has 6 nitrogen and oxygen atoms in total. The van der Waals surface area contributed by atoms with Gasteiger partial charge in [-0.3, -0.25) is 9.36 Å².